The molecule has 138 valence electrons. The third-order valence-corrected chi connectivity index (χ3v) is 9.93. The van der Waals surface area contributed by atoms with Gasteiger partial charge in [0.15, 0.2) is 9.84 Å². The Morgan fingerprint density at radius 3 is 2.50 bits per heavy atom. The monoisotopic (exact) mass is 410 g/mol. The van der Waals surface area contributed by atoms with Crippen LogP contribution in [0.4, 0.5) is 0 Å². The number of halogens is 1. The summed E-state index contributed by atoms with van der Waals surface area (Å²) in [5, 5.41) is 0.491. The SMILES string of the molecule is CC1(c2sc(-c3cncnc3)cc2Cl)CS(=O)(=O)C2(CCCC2)C(N)=N1. The number of thiophene rings is 1. The van der Waals surface area contributed by atoms with Crippen LogP contribution in [0.1, 0.15) is 37.5 Å². The molecule has 0 saturated heterocycles. The Labute approximate surface area is 161 Å². The summed E-state index contributed by atoms with van der Waals surface area (Å²) in [5.74, 6) is 0.156. The molecule has 1 aliphatic heterocycles. The van der Waals surface area contributed by atoms with E-state index in [1.165, 1.54) is 17.7 Å². The van der Waals surface area contributed by atoms with Crippen LogP contribution in [0.15, 0.2) is 29.8 Å². The molecule has 0 aromatic carbocycles. The highest BCUT2D eigenvalue weighted by Gasteiger charge is 2.56. The van der Waals surface area contributed by atoms with Crippen molar-refractivity contribution < 1.29 is 8.42 Å². The van der Waals surface area contributed by atoms with Crippen LogP contribution in [-0.4, -0.2) is 34.7 Å². The fourth-order valence-electron chi connectivity index (χ4n) is 4.00. The molecule has 26 heavy (non-hydrogen) atoms. The Bertz CT molecular complexity index is 981. The Morgan fingerprint density at radius 1 is 1.23 bits per heavy atom. The summed E-state index contributed by atoms with van der Waals surface area (Å²) in [7, 11) is -3.43. The first-order valence-electron chi connectivity index (χ1n) is 8.41. The maximum absolute atomic E-state index is 13.2. The number of nitrogens with zero attached hydrogens (tertiary/aromatic N) is 3. The Hall–Kier alpha value is -1.51. The fourth-order valence-corrected chi connectivity index (χ4v) is 8.20. The third kappa shape index (κ3) is 2.58. The lowest BCUT2D eigenvalue weighted by Crippen LogP contribution is -2.56. The van der Waals surface area contributed by atoms with Gasteiger partial charge < -0.3 is 5.73 Å². The van der Waals surface area contributed by atoms with E-state index < -0.39 is 20.1 Å². The second-order valence-corrected chi connectivity index (χ2v) is 10.9. The van der Waals surface area contributed by atoms with Crippen LogP contribution in [0.5, 0.6) is 0 Å². The normalized spacial score (nSPS) is 26.8. The lowest BCUT2D eigenvalue weighted by atomic mass is 10.00. The summed E-state index contributed by atoms with van der Waals surface area (Å²) < 4.78 is 25.4. The molecule has 1 atom stereocenters. The number of aliphatic imine (C=N–C) groups is 1. The summed E-state index contributed by atoms with van der Waals surface area (Å²) >= 11 is 7.89. The Morgan fingerprint density at radius 2 is 1.88 bits per heavy atom. The van der Waals surface area contributed by atoms with Crippen LogP contribution in [0.2, 0.25) is 5.02 Å². The zero-order valence-corrected chi connectivity index (χ0v) is 16.7. The highest BCUT2D eigenvalue weighted by Crippen LogP contribution is 2.48. The van der Waals surface area contributed by atoms with E-state index in [-0.39, 0.29) is 11.6 Å². The molecule has 9 heteroatoms. The largest absolute Gasteiger partial charge is 0.386 e. The van der Waals surface area contributed by atoms with E-state index in [1.807, 2.05) is 6.07 Å². The lowest BCUT2D eigenvalue weighted by Gasteiger charge is -2.39. The van der Waals surface area contributed by atoms with E-state index in [9.17, 15) is 8.42 Å². The highest BCUT2D eigenvalue weighted by molar-refractivity contribution is 7.93. The van der Waals surface area contributed by atoms with Crippen molar-refractivity contribution in [2.45, 2.75) is 42.9 Å². The van der Waals surface area contributed by atoms with Gasteiger partial charge in [-0.05, 0) is 25.8 Å². The topological polar surface area (TPSA) is 98.3 Å². The van der Waals surface area contributed by atoms with Gasteiger partial charge in [-0.25, -0.2) is 18.4 Å². The summed E-state index contributed by atoms with van der Waals surface area (Å²) in [5.41, 5.74) is 6.09. The lowest BCUT2D eigenvalue weighted by molar-refractivity contribution is 0.495. The predicted molar refractivity (Wildman–Crippen MR) is 104 cm³/mol. The van der Waals surface area contributed by atoms with Crippen molar-refractivity contribution in [3.63, 3.8) is 0 Å². The van der Waals surface area contributed by atoms with Gasteiger partial charge in [-0.2, -0.15) is 0 Å². The maximum Gasteiger partial charge on any atom is 0.165 e. The van der Waals surface area contributed by atoms with Crippen molar-refractivity contribution >= 4 is 38.6 Å². The number of hydrogen-bond donors (Lipinski definition) is 1. The molecule has 4 rings (SSSR count). The first-order valence-corrected chi connectivity index (χ1v) is 11.3. The summed E-state index contributed by atoms with van der Waals surface area (Å²) in [6.45, 7) is 1.79. The summed E-state index contributed by atoms with van der Waals surface area (Å²) in [4.78, 5) is 14.3. The molecule has 1 saturated carbocycles. The van der Waals surface area contributed by atoms with Crippen LogP contribution < -0.4 is 5.73 Å². The standard InChI is InChI=1S/C17H19ClN4O2S2/c1-16(9-26(23,24)17(15(19)22-16)4-2-3-5-17)14-12(18)6-13(25-14)11-7-20-10-21-8-11/h6-8,10H,2-5,9H2,1H3,(H2,19,22). The number of sulfone groups is 1. The van der Waals surface area contributed by atoms with Crippen molar-refractivity contribution in [2.24, 2.45) is 10.7 Å². The van der Waals surface area contributed by atoms with E-state index >= 15 is 0 Å². The van der Waals surface area contributed by atoms with Crippen LogP contribution in [0.3, 0.4) is 0 Å². The van der Waals surface area contributed by atoms with E-state index in [2.05, 4.69) is 9.97 Å². The van der Waals surface area contributed by atoms with E-state index in [0.717, 1.165) is 23.3 Å². The quantitative estimate of drug-likeness (QED) is 0.819. The van der Waals surface area contributed by atoms with Crippen LogP contribution in [-0.2, 0) is 15.4 Å². The number of rotatable bonds is 2. The second kappa shape index (κ2) is 6.00. The van der Waals surface area contributed by atoms with Crippen LogP contribution >= 0.6 is 22.9 Å². The van der Waals surface area contributed by atoms with Gasteiger partial charge in [0.05, 0.1) is 15.7 Å². The van der Waals surface area contributed by atoms with Gasteiger partial charge >= 0.3 is 0 Å². The van der Waals surface area contributed by atoms with Crippen LogP contribution in [0.25, 0.3) is 10.4 Å². The van der Waals surface area contributed by atoms with E-state index in [0.29, 0.717) is 22.7 Å². The van der Waals surface area contributed by atoms with E-state index in [1.54, 1.807) is 19.3 Å². The molecule has 6 nitrogen and oxygen atoms in total. The first-order chi connectivity index (χ1) is 12.3. The van der Waals surface area contributed by atoms with Crippen LogP contribution in [0, 0.1) is 0 Å². The smallest absolute Gasteiger partial charge is 0.165 e. The molecule has 0 bridgehead atoms. The molecule has 0 radical (unpaired) electrons. The average molecular weight is 411 g/mol. The molecule has 2 aromatic rings. The molecule has 1 aliphatic carbocycles. The molecule has 2 aromatic heterocycles. The fraction of sp³-hybridized carbons (Fsp3) is 0.471. The zero-order chi connectivity index (χ0) is 18.6. The van der Waals surface area contributed by atoms with Gasteiger partial charge in [0.25, 0.3) is 0 Å². The first kappa shape index (κ1) is 17.9. The molecule has 0 amide bonds. The Kier molecular flexibility index (Phi) is 4.13. The van der Waals surface area contributed by atoms with E-state index in [4.69, 9.17) is 22.3 Å². The molecule has 3 heterocycles. The zero-order valence-electron chi connectivity index (χ0n) is 14.3. The minimum Gasteiger partial charge on any atom is -0.386 e. The minimum atomic E-state index is -3.43. The van der Waals surface area contributed by atoms with Gasteiger partial charge in [0.2, 0.25) is 0 Å². The molecule has 1 spiro atoms. The molecule has 2 aliphatic rings. The van der Waals surface area contributed by atoms with Gasteiger partial charge in [0, 0.05) is 22.8 Å². The third-order valence-electron chi connectivity index (χ3n) is 5.33. The van der Waals surface area contributed by atoms with Crippen molar-refractivity contribution in [3.8, 4) is 10.4 Å². The molecule has 1 fully saturated rings. The van der Waals surface area contributed by atoms with Crippen molar-refractivity contribution in [1.29, 1.82) is 0 Å². The van der Waals surface area contributed by atoms with Gasteiger partial charge in [-0.15, -0.1) is 11.3 Å². The average Bonchev–Trinajstić information content (AvgIpc) is 3.22. The number of amidine groups is 1. The van der Waals surface area contributed by atoms with Gasteiger partial charge in [0.1, 0.15) is 22.4 Å². The molecule has 1 unspecified atom stereocenters. The second-order valence-electron chi connectivity index (χ2n) is 7.15. The summed E-state index contributed by atoms with van der Waals surface area (Å²) in [6, 6.07) is 1.81. The number of aromatic nitrogens is 2. The highest BCUT2D eigenvalue weighted by atomic mass is 35.5. The predicted octanol–water partition coefficient (Wildman–Crippen LogP) is 3.17. The summed E-state index contributed by atoms with van der Waals surface area (Å²) in [6.07, 6.45) is 7.71. The van der Waals surface area contributed by atoms with Crippen molar-refractivity contribution in [3.05, 3.63) is 34.7 Å². The van der Waals surface area contributed by atoms with Crippen molar-refractivity contribution in [2.75, 3.05) is 5.75 Å². The molecular weight excluding hydrogens is 392 g/mol. The molecule has 2 N–H and O–H groups in total. The maximum atomic E-state index is 13.2. The van der Waals surface area contributed by atoms with Gasteiger partial charge in [-0.1, -0.05) is 24.4 Å². The minimum absolute atomic E-state index is 0.0777. The number of hydrogen-bond acceptors (Lipinski definition) is 7. The van der Waals surface area contributed by atoms with Gasteiger partial charge in [-0.3, -0.25) is 4.99 Å². The Balaban J connectivity index is 1.81. The molecular formula is C17H19ClN4O2S2. The number of nitrogens with two attached hydrogens (primary N) is 1. The van der Waals surface area contributed by atoms with Crippen molar-refractivity contribution in [1.82, 2.24) is 9.97 Å².